The van der Waals surface area contributed by atoms with Crippen molar-refractivity contribution in [3.63, 3.8) is 0 Å². The number of nitrogens with zero attached hydrogens (tertiary/aromatic N) is 2. The van der Waals surface area contributed by atoms with Crippen LogP contribution in [-0.2, 0) is 4.74 Å². The first kappa shape index (κ1) is 18.3. The second kappa shape index (κ2) is 8.77. The predicted octanol–water partition coefficient (Wildman–Crippen LogP) is 2.74. The molecule has 2 unspecified atom stereocenters. The molecule has 1 aliphatic heterocycles. The van der Waals surface area contributed by atoms with E-state index in [4.69, 9.17) is 4.74 Å². The van der Waals surface area contributed by atoms with Gasteiger partial charge in [0.25, 0.3) is 0 Å². The summed E-state index contributed by atoms with van der Waals surface area (Å²) in [7, 11) is 1.45. The second-order valence-electron chi connectivity index (χ2n) is 7.75. The van der Waals surface area contributed by atoms with Gasteiger partial charge >= 0.3 is 6.09 Å². The lowest BCUT2D eigenvalue weighted by Crippen LogP contribution is -2.50. The Hall–Kier alpha value is -1.46. The lowest BCUT2D eigenvalue weighted by molar-refractivity contribution is 0.111. The number of rotatable bonds is 4. The van der Waals surface area contributed by atoms with E-state index in [1.165, 1.54) is 45.6 Å². The van der Waals surface area contributed by atoms with Gasteiger partial charge in [-0.2, -0.15) is 0 Å². The van der Waals surface area contributed by atoms with Gasteiger partial charge in [-0.3, -0.25) is 4.99 Å². The van der Waals surface area contributed by atoms with E-state index in [2.05, 4.69) is 22.5 Å². The Bertz CT molecular complexity index is 468. The van der Waals surface area contributed by atoms with Crippen molar-refractivity contribution in [2.45, 2.75) is 70.4 Å². The van der Waals surface area contributed by atoms with Crippen molar-refractivity contribution >= 4 is 12.1 Å². The molecule has 142 valence electrons. The second-order valence-corrected chi connectivity index (χ2v) is 7.75. The number of ether oxygens (including phenoxy) is 1. The minimum Gasteiger partial charge on any atom is -0.453 e. The molecule has 0 aromatic rings. The number of methoxy groups -OCH3 is 1. The summed E-state index contributed by atoms with van der Waals surface area (Å²) in [6.07, 6.45) is 10.1. The minimum absolute atomic E-state index is 0.215. The molecule has 2 aliphatic carbocycles. The molecular weight excluding hydrogens is 316 g/mol. The maximum atomic E-state index is 11.6. The SMILES string of the molecule is CCN=C(NC1CCN(C(=O)OC)CC1)NC1CC1C1CCCCC1. The number of hydrogen-bond donors (Lipinski definition) is 2. The number of likely N-dealkylation sites (tertiary alicyclic amines) is 1. The van der Waals surface area contributed by atoms with Gasteiger partial charge in [0.2, 0.25) is 0 Å². The Balaban J connectivity index is 1.43. The largest absolute Gasteiger partial charge is 0.453 e. The summed E-state index contributed by atoms with van der Waals surface area (Å²) in [5.74, 6) is 2.74. The molecule has 6 nitrogen and oxygen atoms in total. The van der Waals surface area contributed by atoms with Gasteiger partial charge in [0.05, 0.1) is 7.11 Å². The number of aliphatic imine (C=N–C) groups is 1. The van der Waals surface area contributed by atoms with Crippen molar-refractivity contribution in [3.05, 3.63) is 0 Å². The highest BCUT2D eigenvalue weighted by Gasteiger charge is 2.43. The Morgan fingerprint density at radius 2 is 1.84 bits per heavy atom. The normalized spacial score (nSPS) is 28.6. The zero-order valence-electron chi connectivity index (χ0n) is 15.8. The molecule has 6 heteroatoms. The number of carbonyl (C=O) groups is 1. The fourth-order valence-electron chi connectivity index (χ4n) is 4.46. The number of hydrogen-bond acceptors (Lipinski definition) is 3. The van der Waals surface area contributed by atoms with Crippen molar-refractivity contribution in [3.8, 4) is 0 Å². The van der Waals surface area contributed by atoms with Crippen LogP contribution >= 0.6 is 0 Å². The third kappa shape index (κ3) is 5.02. The molecule has 0 aromatic heterocycles. The van der Waals surface area contributed by atoms with Gasteiger partial charge < -0.3 is 20.3 Å². The van der Waals surface area contributed by atoms with E-state index in [0.29, 0.717) is 12.1 Å². The molecule has 3 fully saturated rings. The highest BCUT2D eigenvalue weighted by atomic mass is 16.5. The molecule has 1 amide bonds. The van der Waals surface area contributed by atoms with Crippen LogP contribution in [0.2, 0.25) is 0 Å². The number of nitrogens with one attached hydrogen (secondary N) is 2. The molecule has 1 heterocycles. The Labute approximate surface area is 151 Å². The molecule has 3 aliphatic rings. The minimum atomic E-state index is -0.215. The topological polar surface area (TPSA) is 66.0 Å². The summed E-state index contributed by atoms with van der Waals surface area (Å²) >= 11 is 0. The summed E-state index contributed by atoms with van der Waals surface area (Å²) in [4.78, 5) is 18.0. The number of piperidine rings is 1. The third-order valence-electron chi connectivity index (χ3n) is 6.00. The fourth-order valence-corrected chi connectivity index (χ4v) is 4.46. The molecule has 3 rings (SSSR count). The summed E-state index contributed by atoms with van der Waals surface area (Å²) in [5.41, 5.74) is 0. The first-order valence-electron chi connectivity index (χ1n) is 10.1. The van der Waals surface area contributed by atoms with Gasteiger partial charge in [0.15, 0.2) is 5.96 Å². The molecule has 2 N–H and O–H groups in total. The van der Waals surface area contributed by atoms with Crippen molar-refractivity contribution in [1.29, 1.82) is 0 Å². The molecule has 0 aromatic carbocycles. The Morgan fingerprint density at radius 1 is 1.12 bits per heavy atom. The van der Waals surface area contributed by atoms with Crippen LogP contribution in [-0.4, -0.2) is 55.8 Å². The van der Waals surface area contributed by atoms with Crippen LogP contribution in [0.5, 0.6) is 0 Å². The van der Waals surface area contributed by atoms with Gasteiger partial charge in [-0.05, 0) is 38.0 Å². The monoisotopic (exact) mass is 350 g/mol. The van der Waals surface area contributed by atoms with E-state index in [0.717, 1.165) is 50.3 Å². The molecule has 2 saturated carbocycles. The maximum absolute atomic E-state index is 11.6. The highest BCUT2D eigenvalue weighted by molar-refractivity contribution is 5.80. The third-order valence-corrected chi connectivity index (χ3v) is 6.00. The van der Waals surface area contributed by atoms with E-state index in [1.54, 1.807) is 4.90 Å². The summed E-state index contributed by atoms with van der Waals surface area (Å²) < 4.78 is 4.81. The maximum Gasteiger partial charge on any atom is 0.409 e. The van der Waals surface area contributed by atoms with Gasteiger partial charge in [-0.1, -0.05) is 32.1 Å². The van der Waals surface area contributed by atoms with Crippen LogP contribution in [0, 0.1) is 11.8 Å². The fraction of sp³-hybridized carbons (Fsp3) is 0.895. The van der Waals surface area contributed by atoms with E-state index in [-0.39, 0.29) is 6.09 Å². The van der Waals surface area contributed by atoms with Crippen molar-refractivity contribution in [2.24, 2.45) is 16.8 Å². The molecule has 2 atom stereocenters. The smallest absolute Gasteiger partial charge is 0.409 e. The summed E-state index contributed by atoms with van der Waals surface area (Å²) in [6.45, 7) is 4.36. The van der Waals surface area contributed by atoms with E-state index < -0.39 is 0 Å². The van der Waals surface area contributed by atoms with Crippen LogP contribution in [0.1, 0.15) is 58.3 Å². The molecule has 1 saturated heterocycles. The molecule has 25 heavy (non-hydrogen) atoms. The number of amides is 1. The number of guanidine groups is 1. The van der Waals surface area contributed by atoms with Crippen LogP contribution in [0.4, 0.5) is 4.79 Å². The summed E-state index contributed by atoms with van der Waals surface area (Å²) in [6, 6.07) is 0.988. The number of carbonyl (C=O) groups excluding carboxylic acids is 1. The van der Waals surface area contributed by atoms with Crippen LogP contribution in [0.3, 0.4) is 0 Å². The highest BCUT2D eigenvalue weighted by Crippen LogP contribution is 2.44. The van der Waals surface area contributed by atoms with Crippen molar-refractivity contribution < 1.29 is 9.53 Å². The Kier molecular flexibility index (Phi) is 6.43. The molecular formula is C19H34N4O2. The lowest BCUT2D eigenvalue weighted by Gasteiger charge is -2.32. The van der Waals surface area contributed by atoms with Crippen LogP contribution < -0.4 is 10.6 Å². The van der Waals surface area contributed by atoms with Gasteiger partial charge in [0.1, 0.15) is 0 Å². The molecule has 0 bridgehead atoms. The lowest BCUT2D eigenvalue weighted by atomic mass is 9.85. The average Bonchev–Trinajstić information content (AvgIpc) is 3.42. The van der Waals surface area contributed by atoms with Gasteiger partial charge in [-0.15, -0.1) is 0 Å². The standard InChI is InChI=1S/C19H34N4O2/c1-3-20-18(21-15-9-11-23(12-10-15)19(24)25-2)22-17-13-16(17)14-7-5-4-6-8-14/h14-17H,3-13H2,1-2H3,(H2,20,21,22). The van der Waals surface area contributed by atoms with Crippen LogP contribution in [0.25, 0.3) is 0 Å². The average molecular weight is 351 g/mol. The first-order valence-corrected chi connectivity index (χ1v) is 10.1. The predicted molar refractivity (Wildman–Crippen MR) is 99.7 cm³/mol. The van der Waals surface area contributed by atoms with Crippen LogP contribution in [0.15, 0.2) is 4.99 Å². The quantitative estimate of drug-likeness (QED) is 0.604. The van der Waals surface area contributed by atoms with E-state index in [1.807, 2.05) is 0 Å². The summed E-state index contributed by atoms with van der Waals surface area (Å²) in [5, 5.41) is 7.25. The molecule has 0 spiro atoms. The van der Waals surface area contributed by atoms with Crippen molar-refractivity contribution in [2.75, 3.05) is 26.7 Å². The van der Waals surface area contributed by atoms with Gasteiger partial charge in [0, 0.05) is 31.7 Å². The zero-order valence-corrected chi connectivity index (χ0v) is 15.8. The van der Waals surface area contributed by atoms with Gasteiger partial charge in [-0.25, -0.2) is 4.79 Å². The van der Waals surface area contributed by atoms with Crippen molar-refractivity contribution in [1.82, 2.24) is 15.5 Å². The van der Waals surface area contributed by atoms with E-state index >= 15 is 0 Å². The Morgan fingerprint density at radius 3 is 2.48 bits per heavy atom. The van der Waals surface area contributed by atoms with E-state index in [9.17, 15) is 4.79 Å². The zero-order chi connectivity index (χ0) is 17.6. The first-order chi connectivity index (χ1) is 12.2. The molecule has 0 radical (unpaired) electrons.